The van der Waals surface area contributed by atoms with Gasteiger partial charge in [0.2, 0.25) is 5.91 Å². The quantitative estimate of drug-likeness (QED) is 0.613. The van der Waals surface area contributed by atoms with Gasteiger partial charge in [0.05, 0.1) is 10.6 Å². The van der Waals surface area contributed by atoms with E-state index in [-0.39, 0.29) is 11.4 Å². The van der Waals surface area contributed by atoms with E-state index in [1.165, 1.54) is 12.1 Å². The minimum absolute atomic E-state index is 0.124. The van der Waals surface area contributed by atoms with E-state index in [9.17, 15) is 13.2 Å². The van der Waals surface area contributed by atoms with Crippen molar-refractivity contribution in [1.82, 2.24) is 0 Å². The first-order chi connectivity index (χ1) is 13.8. The van der Waals surface area contributed by atoms with Crippen LogP contribution in [0, 0.1) is 13.8 Å². The largest absolute Gasteiger partial charge is 0.325 e. The first kappa shape index (κ1) is 20.9. The fraction of sp³-hybridized carbons (Fsp3) is 0.136. The molecular weight excluding hydrogens is 408 g/mol. The van der Waals surface area contributed by atoms with E-state index in [1.54, 1.807) is 54.6 Å². The van der Waals surface area contributed by atoms with Gasteiger partial charge >= 0.3 is 0 Å². The standard InChI is InChI=1S/C22H21ClN2O3S/c1-16-12-17(2)14-20(13-16)25(29(27,28)21-6-4-3-5-7-21)15-22(26)24-19-10-8-18(23)9-11-19/h3-14H,15H2,1-2H3,(H,24,26). The number of amides is 1. The zero-order valence-corrected chi connectivity index (χ0v) is 17.7. The van der Waals surface area contributed by atoms with Crippen molar-refractivity contribution in [2.45, 2.75) is 18.7 Å². The average Bonchev–Trinajstić information content (AvgIpc) is 2.68. The van der Waals surface area contributed by atoms with Gasteiger partial charge in [-0.05, 0) is 73.5 Å². The number of rotatable bonds is 6. The van der Waals surface area contributed by atoms with Crippen molar-refractivity contribution in [3.05, 3.63) is 88.9 Å². The molecule has 0 heterocycles. The lowest BCUT2D eigenvalue weighted by molar-refractivity contribution is -0.114. The molecule has 0 saturated carbocycles. The number of benzene rings is 3. The third kappa shape index (κ3) is 5.16. The Morgan fingerprint density at radius 1 is 0.931 bits per heavy atom. The Kier molecular flexibility index (Phi) is 6.25. The zero-order valence-electron chi connectivity index (χ0n) is 16.1. The lowest BCUT2D eigenvalue weighted by Gasteiger charge is -2.25. The third-order valence-electron chi connectivity index (χ3n) is 4.24. The Morgan fingerprint density at radius 2 is 1.52 bits per heavy atom. The Labute approximate surface area is 176 Å². The van der Waals surface area contributed by atoms with Crippen molar-refractivity contribution in [3.63, 3.8) is 0 Å². The predicted molar refractivity (Wildman–Crippen MR) is 117 cm³/mol. The maximum atomic E-state index is 13.3. The highest BCUT2D eigenvalue weighted by atomic mass is 35.5. The Morgan fingerprint density at radius 3 is 2.10 bits per heavy atom. The second-order valence-electron chi connectivity index (χ2n) is 6.73. The molecule has 3 aromatic rings. The van der Waals surface area contributed by atoms with Crippen molar-refractivity contribution < 1.29 is 13.2 Å². The van der Waals surface area contributed by atoms with E-state index in [2.05, 4.69) is 5.32 Å². The van der Waals surface area contributed by atoms with Gasteiger partial charge in [-0.25, -0.2) is 8.42 Å². The van der Waals surface area contributed by atoms with E-state index in [1.807, 2.05) is 19.9 Å². The topological polar surface area (TPSA) is 66.5 Å². The normalized spacial score (nSPS) is 11.1. The van der Waals surface area contributed by atoms with Crippen molar-refractivity contribution in [1.29, 1.82) is 0 Å². The molecule has 0 aliphatic carbocycles. The summed E-state index contributed by atoms with van der Waals surface area (Å²) in [5.41, 5.74) is 2.80. The monoisotopic (exact) mass is 428 g/mol. The van der Waals surface area contributed by atoms with Crippen molar-refractivity contribution in [3.8, 4) is 0 Å². The molecule has 0 aromatic heterocycles. The van der Waals surface area contributed by atoms with Gasteiger partial charge < -0.3 is 5.32 Å². The van der Waals surface area contributed by atoms with E-state index in [0.717, 1.165) is 15.4 Å². The molecule has 7 heteroatoms. The number of nitrogens with one attached hydrogen (secondary N) is 1. The molecule has 0 fully saturated rings. The number of sulfonamides is 1. The molecule has 0 spiro atoms. The van der Waals surface area contributed by atoms with E-state index >= 15 is 0 Å². The molecular formula is C22H21ClN2O3S. The van der Waals surface area contributed by atoms with Gasteiger partial charge in [-0.2, -0.15) is 0 Å². The van der Waals surface area contributed by atoms with E-state index in [0.29, 0.717) is 16.4 Å². The first-order valence-electron chi connectivity index (χ1n) is 8.97. The van der Waals surface area contributed by atoms with Gasteiger partial charge in [0.15, 0.2) is 0 Å². The van der Waals surface area contributed by atoms with Gasteiger partial charge in [-0.3, -0.25) is 9.10 Å². The molecule has 3 rings (SSSR count). The van der Waals surface area contributed by atoms with Crippen LogP contribution in [-0.2, 0) is 14.8 Å². The predicted octanol–water partition coefficient (Wildman–Crippen LogP) is 4.79. The fourth-order valence-corrected chi connectivity index (χ4v) is 4.55. The smallest absolute Gasteiger partial charge is 0.264 e. The van der Waals surface area contributed by atoms with Crippen LogP contribution in [0.3, 0.4) is 0 Å². The number of carbonyl (C=O) groups excluding carboxylic acids is 1. The molecule has 1 N–H and O–H groups in total. The zero-order chi connectivity index (χ0) is 21.0. The number of nitrogens with zero attached hydrogens (tertiary/aromatic N) is 1. The summed E-state index contributed by atoms with van der Waals surface area (Å²) in [7, 11) is -3.93. The number of hydrogen-bond donors (Lipinski definition) is 1. The molecule has 0 unspecified atom stereocenters. The second-order valence-corrected chi connectivity index (χ2v) is 9.02. The summed E-state index contributed by atoms with van der Waals surface area (Å²) in [6.07, 6.45) is 0. The summed E-state index contributed by atoms with van der Waals surface area (Å²) in [4.78, 5) is 12.8. The molecule has 0 radical (unpaired) electrons. The molecule has 0 bridgehead atoms. The molecule has 0 aliphatic heterocycles. The fourth-order valence-electron chi connectivity index (χ4n) is 2.99. The summed E-state index contributed by atoms with van der Waals surface area (Å²) < 4.78 is 27.8. The maximum absolute atomic E-state index is 13.3. The van der Waals surface area contributed by atoms with Gasteiger partial charge in [-0.1, -0.05) is 35.9 Å². The number of anilines is 2. The van der Waals surface area contributed by atoms with E-state index < -0.39 is 15.9 Å². The molecule has 0 aliphatic rings. The molecule has 0 atom stereocenters. The first-order valence-corrected chi connectivity index (χ1v) is 10.8. The Bertz CT molecular complexity index is 1090. The summed E-state index contributed by atoms with van der Waals surface area (Å²) in [6, 6.07) is 20.2. The second kappa shape index (κ2) is 8.68. The van der Waals surface area contributed by atoms with Gasteiger partial charge in [0.25, 0.3) is 10.0 Å². The Balaban J connectivity index is 1.96. The molecule has 29 heavy (non-hydrogen) atoms. The van der Waals surface area contributed by atoms with Crippen LogP contribution in [-0.4, -0.2) is 20.9 Å². The number of carbonyl (C=O) groups is 1. The van der Waals surface area contributed by atoms with Crippen LogP contribution in [0.15, 0.2) is 77.7 Å². The summed E-state index contributed by atoms with van der Waals surface area (Å²) in [5.74, 6) is -0.453. The molecule has 150 valence electrons. The highest BCUT2D eigenvalue weighted by Crippen LogP contribution is 2.26. The highest BCUT2D eigenvalue weighted by molar-refractivity contribution is 7.92. The molecule has 3 aromatic carbocycles. The van der Waals surface area contributed by atoms with Crippen LogP contribution in [0.5, 0.6) is 0 Å². The SMILES string of the molecule is Cc1cc(C)cc(N(CC(=O)Nc2ccc(Cl)cc2)S(=O)(=O)c2ccccc2)c1. The maximum Gasteiger partial charge on any atom is 0.264 e. The van der Waals surface area contributed by atoms with Crippen LogP contribution < -0.4 is 9.62 Å². The summed E-state index contributed by atoms with van der Waals surface area (Å²) in [6.45, 7) is 3.41. The number of aryl methyl sites for hydroxylation is 2. The third-order valence-corrected chi connectivity index (χ3v) is 6.28. The van der Waals surface area contributed by atoms with Crippen LogP contribution in [0.1, 0.15) is 11.1 Å². The van der Waals surface area contributed by atoms with Gasteiger partial charge in [-0.15, -0.1) is 0 Å². The number of halogens is 1. The van der Waals surface area contributed by atoms with Crippen LogP contribution in [0.4, 0.5) is 11.4 Å². The molecule has 1 amide bonds. The minimum atomic E-state index is -3.93. The van der Waals surface area contributed by atoms with Crippen LogP contribution in [0.25, 0.3) is 0 Å². The van der Waals surface area contributed by atoms with Crippen molar-refractivity contribution in [2.24, 2.45) is 0 Å². The minimum Gasteiger partial charge on any atom is -0.325 e. The molecule has 0 saturated heterocycles. The summed E-state index contributed by atoms with van der Waals surface area (Å²) in [5, 5.41) is 3.27. The average molecular weight is 429 g/mol. The lowest BCUT2D eigenvalue weighted by atomic mass is 10.1. The molecule has 5 nitrogen and oxygen atoms in total. The van der Waals surface area contributed by atoms with E-state index in [4.69, 9.17) is 11.6 Å². The van der Waals surface area contributed by atoms with Crippen molar-refractivity contribution >= 4 is 38.9 Å². The van der Waals surface area contributed by atoms with Gasteiger partial charge in [0.1, 0.15) is 6.54 Å². The van der Waals surface area contributed by atoms with Gasteiger partial charge in [0, 0.05) is 10.7 Å². The van der Waals surface area contributed by atoms with Crippen LogP contribution >= 0.6 is 11.6 Å². The Hall–Kier alpha value is -2.83. The number of hydrogen-bond acceptors (Lipinski definition) is 3. The summed E-state index contributed by atoms with van der Waals surface area (Å²) >= 11 is 5.87. The highest BCUT2D eigenvalue weighted by Gasteiger charge is 2.27. The lowest BCUT2D eigenvalue weighted by Crippen LogP contribution is -2.38. The van der Waals surface area contributed by atoms with Crippen molar-refractivity contribution in [2.75, 3.05) is 16.2 Å². The van der Waals surface area contributed by atoms with Crippen LogP contribution in [0.2, 0.25) is 5.02 Å².